The molecule has 0 spiro atoms. The Morgan fingerprint density at radius 1 is 1.00 bits per heavy atom. The van der Waals surface area contributed by atoms with Gasteiger partial charge in [-0.2, -0.15) is 0 Å². The second-order valence-electron chi connectivity index (χ2n) is 7.70. The summed E-state index contributed by atoms with van der Waals surface area (Å²) in [6.45, 7) is 2.30. The van der Waals surface area contributed by atoms with Crippen LogP contribution in [0.4, 0.5) is 4.39 Å². The molecule has 8 heteroatoms. The minimum Gasteiger partial charge on any atom is -0.490 e. The molecule has 4 rings (SSSR count). The van der Waals surface area contributed by atoms with Gasteiger partial charge in [0.2, 0.25) is 0 Å². The molecule has 0 amide bonds. The Balaban J connectivity index is 1.72. The number of esters is 1. The van der Waals surface area contributed by atoms with Crippen molar-refractivity contribution in [1.82, 2.24) is 10.6 Å². The first-order chi connectivity index (χ1) is 17.0. The van der Waals surface area contributed by atoms with Gasteiger partial charge in [0, 0.05) is 5.56 Å². The summed E-state index contributed by atoms with van der Waals surface area (Å²) in [6, 6.07) is 20.6. The van der Waals surface area contributed by atoms with Crippen molar-refractivity contribution in [3.8, 4) is 11.5 Å². The van der Waals surface area contributed by atoms with Crippen molar-refractivity contribution in [2.24, 2.45) is 0 Å². The standard InChI is InChI=1S/C27H25FN2O4S/c1-3-33-22-15-18(13-14-21(22)34-16-19-11-7-8-12-20(19)28)25-23(26(31)32-2)24(29-27(35)30-25)17-9-5-4-6-10-17/h4-15,25H,3,16H2,1-2H3,(H2,29,30,35)/t25-/m1/s1. The van der Waals surface area contributed by atoms with E-state index in [2.05, 4.69) is 10.6 Å². The first kappa shape index (κ1) is 24.2. The Hall–Kier alpha value is -3.91. The Morgan fingerprint density at radius 3 is 2.46 bits per heavy atom. The molecular weight excluding hydrogens is 467 g/mol. The summed E-state index contributed by atoms with van der Waals surface area (Å²) in [5.41, 5.74) is 2.92. The smallest absolute Gasteiger partial charge is 0.338 e. The molecule has 0 aliphatic carbocycles. The molecule has 2 N–H and O–H groups in total. The maximum absolute atomic E-state index is 14.0. The zero-order valence-corrected chi connectivity index (χ0v) is 20.2. The summed E-state index contributed by atoms with van der Waals surface area (Å²) in [5.74, 6) is 0.102. The Labute approximate surface area is 208 Å². The molecule has 1 aliphatic rings. The van der Waals surface area contributed by atoms with Gasteiger partial charge in [-0.1, -0.05) is 54.6 Å². The molecule has 3 aromatic carbocycles. The third-order valence-electron chi connectivity index (χ3n) is 5.48. The Bertz CT molecular complexity index is 1260. The van der Waals surface area contributed by atoms with Crippen molar-refractivity contribution < 1.29 is 23.4 Å². The van der Waals surface area contributed by atoms with Crippen molar-refractivity contribution in [2.45, 2.75) is 19.6 Å². The summed E-state index contributed by atoms with van der Waals surface area (Å²) in [6.07, 6.45) is 0. The number of nitrogens with one attached hydrogen (secondary N) is 2. The molecule has 1 heterocycles. The zero-order chi connectivity index (χ0) is 24.8. The average molecular weight is 493 g/mol. The van der Waals surface area contributed by atoms with Crippen LogP contribution in [-0.4, -0.2) is 24.8 Å². The molecule has 6 nitrogen and oxygen atoms in total. The highest BCUT2D eigenvalue weighted by molar-refractivity contribution is 7.80. The van der Waals surface area contributed by atoms with Crippen LogP contribution in [0.3, 0.4) is 0 Å². The fourth-order valence-corrected chi connectivity index (χ4v) is 4.06. The number of carbonyl (C=O) groups is 1. The van der Waals surface area contributed by atoms with Gasteiger partial charge in [-0.25, -0.2) is 9.18 Å². The third kappa shape index (κ3) is 5.44. The summed E-state index contributed by atoms with van der Waals surface area (Å²) in [7, 11) is 1.34. The highest BCUT2D eigenvalue weighted by Crippen LogP contribution is 2.37. The number of benzene rings is 3. The lowest BCUT2D eigenvalue weighted by Gasteiger charge is -2.31. The van der Waals surface area contributed by atoms with E-state index in [1.807, 2.05) is 43.3 Å². The largest absolute Gasteiger partial charge is 0.490 e. The van der Waals surface area contributed by atoms with Crippen LogP contribution in [0.2, 0.25) is 0 Å². The van der Waals surface area contributed by atoms with E-state index < -0.39 is 12.0 Å². The number of hydrogen-bond donors (Lipinski definition) is 2. The van der Waals surface area contributed by atoms with Crippen LogP contribution in [0, 0.1) is 5.82 Å². The van der Waals surface area contributed by atoms with E-state index >= 15 is 0 Å². The van der Waals surface area contributed by atoms with Crippen LogP contribution in [-0.2, 0) is 16.1 Å². The summed E-state index contributed by atoms with van der Waals surface area (Å²) >= 11 is 5.45. The Morgan fingerprint density at radius 2 is 1.74 bits per heavy atom. The van der Waals surface area contributed by atoms with E-state index in [-0.39, 0.29) is 12.4 Å². The molecule has 35 heavy (non-hydrogen) atoms. The lowest BCUT2D eigenvalue weighted by molar-refractivity contribution is -0.136. The van der Waals surface area contributed by atoms with Gasteiger partial charge in [0.15, 0.2) is 16.6 Å². The summed E-state index contributed by atoms with van der Waals surface area (Å²) in [4.78, 5) is 12.9. The summed E-state index contributed by atoms with van der Waals surface area (Å²) < 4.78 is 30.8. The van der Waals surface area contributed by atoms with Crippen molar-refractivity contribution >= 4 is 29.0 Å². The SMILES string of the molecule is CCOc1cc([C@H]2NC(=S)NC(c3ccccc3)=C2C(=O)OC)ccc1OCc1ccccc1F. The molecule has 0 unspecified atom stereocenters. The predicted molar refractivity (Wildman–Crippen MR) is 135 cm³/mol. The van der Waals surface area contributed by atoms with Crippen LogP contribution in [0.1, 0.15) is 29.7 Å². The average Bonchev–Trinajstić information content (AvgIpc) is 2.88. The molecule has 0 saturated heterocycles. The van der Waals surface area contributed by atoms with E-state index in [1.165, 1.54) is 13.2 Å². The first-order valence-electron chi connectivity index (χ1n) is 11.1. The van der Waals surface area contributed by atoms with Gasteiger partial charge in [-0.15, -0.1) is 0 Å². The highest BCUT2D eigenvalue weighted by Gasteiger charge is 2.33. The normalized spacial score (nSPS) is 15.2. The second kappa shape index (κ2) is 11.0. The highest BCUT2D eigenvalue weighted by atomic mass is 32.1. The number of carbonyl (C=O) groups excluding carboxylic acids is 1. The van der Waals surface area contributed by atoms with E-state index in [0.717, 1.165) is 11.1 Å². The minimum absolute atomic E-state index is 0.0489. The lowest BCUT2D eigenvalue weighted by atomic mass is 9.92. The third-order valence-corrected chi connectivity index (χ3v) is 5.70. The Kier molecular flexibility index (Phi) is 7.62. The molecule has 1 atom stereocenters. The number of methoxy groups -OCH3 is 1. The van der Waals surface area contributed by atoms with Gasteiger partial charge < -0.3 is 24.8 Å². The number of thiocarbonyl (C=S) groups is 1. The van der Waals surface area contributed by atoms with Crippen LogP contribution in [0.15, 0.2) is 78.4 Å². The number of halogens is 1. The molecule has 3 aromatic rings. The van der Waals surface area contributed by atoms with E-state index in [9.17, 15) is 9.18 Å². The topological polar surface area (TPSA) is 68.8 Å². The van der Waals surface area contributed by atoms with Crippen molar-refractivity contribution in [1.29, 1.82) is 0 Å². The molecule has 0 aromatic heterocycles. The number of rotatable bonds is 8. The van der Waals surface area contributed by atoms with Crippen molar-refractivity contribution in [3.63, 3.8) is 0 Å². The molecule has 180 valence electrons. The first-order valence-corrected chi connectivity index (χ1v) is 11.5. The summed E-state index contributed by atoms with van der Waals surface area (Å²) in [5, 5.41) is 6.64. The molecule has 0 radical (unpaired) electrons. The molecule has 0 bridgehead atoms. The predicted octanol–water partition coefficient (Wildman–Crippen LogP) is 4.91. The van der Waals surface area contributed by atoms with E-state index in [0.29, 0.717) is 40.1 Å². The van der Waals surface area contributed by atoms with Crippen molar-refractivity contribution in [2.75, 3.05) is 13.7 Å². The van der Waals surface area contributed by atoms with Gasteiger partial charge >= 0.3 is 5.97 Å². The molecule has 0 saturated carbocycles. The second-order valence-corrected chi connectivity index (χ2v) is 8.11. The fraction of sp³-hybridized carbons (Fsp3) is 0.185. The van der Waals surface area contributed by atoms with Crippen LogP contribution >= 0.6 is 12.2 Å². The molecule has 1 aliphatic heterocycles. The maximum atomic E-state index is 14.0. The minimum atomic E-state index is -0.591. The van der Waals surface area contributed by atoms with Gasteiger partial charge in [0.25, 0.3) is 0 Å². The van der Waals surface area contributed by atoms with Crippen LogP contribution in [0.5, 0.6) is 11.5 Å². The van der Waals surface area contributed by atoms with E-state index in [4.69, 9.17) is 26.4 Å². The quantitative estimate of drug-likeness (QED) is 0.342. The van der Waals surface area contributed by atoms with Gasteiger partial charge in [-0.05, 0) is 48.5 Å². The zero-order valence-electron chi connectivity index (χ0n) is 19.3. The van der Waals surface area contributed by atoms with Gasteiger partial charge in [0.05, 0.1) is 31.0 Å². The van der Waals surface area contributed by atoms with Crippen LogP contribution < -0.4 is 20.1 Å². The fourth-order valence-electron chi connectivity index (χ4n) is 3.84. The monoisotopic (exact) mass is 492 g/mol. The molecule has 0 fully saturated rings. The molecular formula is C27H25FN2O4S. The lowest BCUT2D eigenvalue weighted by Crippen LogP contribution is -2.45. The van der Waals surface area contributed by atoms with Gasteiger partial charge in [0.1, 0.15) is 12.4 Å². The maximum Gasteiger partial charge on any atom is 0.338 e. The van der Waals surface area contributed by atoms with E-state index in [1.54, 1.807) is 30.3 Å². The number of ether oxygens (including phenoxy) is 3. The van der Waals surface area contributed by atoms with Crippen molar-refractivity contribution in [3.05, 3.63) is 101 Å². The van der Waals surface area contributed by atoms with Gasteiger partial charge in [-0.3, -0.25) is 0 Å². The van der Waals surface area contributed by atoms with Crippen LogP contribution in [0.25, 0.3) is 5.70 Å². The number of hydrogen-bond acceptors (Lipinski definition) is 5.